The van der Waals surface area contributed by atoms with E-state index < -0.39 is 10.8 Å². The van der Waals surface area contributed by atoms with Gasteiger partial charge in [-0.2, -0.15) is 0 Å². The highest BCUT2D eigenvalue weighted by atomic mass is 35.5. The second-order valence-corrected chi connectivity index (χ2v) is 6.23. The summed E-state index contributed by atoms with van der Waals surface area (Å²) in [6.07, 6.45) is 0. The number of hydrogen-bond donors (Lipinski definition) is 1. The van der Waals surface area contributed by atoms with Crippen LogP contribution in [0.1, 0.15) is 15.9 Å². The quantitative estimate of drug-likeness (QED) is 0.460. The third-order valence-corrected chi connectivity index (χ3v) is 4.08. The normalized spacial score (nSPS) is 10.3. The van der Waals surface area contributed by atoms with E-state index in [4.69, 9.17) is 16.3 Å². The Morgan fingerprint density at radius 1 is 1.00 bits per heavy atom. The van der Waals surface area contributed by atoms with Gasteiger partial charge in [0.2, 0.25) is 0 Å². The number of ether oxygens (including phenoxy) is 1. The number of nitro benzene ring substituents is 1. The third kappa shape index (κ3) is 4.62. The molecule has 0 atom stereocenters. The predicted molar refractivity (Wildman–Crippen MR) is 104 cm³/mol. The minimum Gasteiger partial charge on any atom is -0.457 e. The molecule has 1 amide bonds. The second kappa shape index (κ2) is 7.88. The van der Waals surface area contributed by atoms with Crippen LogP contribution in [-0.2, 0) is 0 Å². The molecule has 0 unspecified atom stereocenters. The summed E-state index contributed by atoms with van der Waals surface area (Å²) in [6, 6.07) is 18.1. The number of nitro groups is 1. The molecule has 3 aromatic carbocycles. The summed E-state index contributed by atoms with van der Waals surface area (Å²) in [5.74, 6) is 0.814. The molecule has 0 fully saturated rings. The number of nitrogens with one attached hydrogen (secondary N) is 1. The number of halogens is 1. The highest BCUT2D eigenvalue weighted by molar-refractivity contribution is 6.30. The first-order valence-electron chi connectivity index (χ1n) is 8.02. The van der Waals surface area contributed by atoms with Crippen molar-refractivity contribution in [1.82, 2.24) is 0 Å². The summed E-state index contributed by atoms with van der Waals surface area (Å²) in [5.41, 5.74) is 1.18. The van der Waals surface area contributed by atoms with Crippen molar-refractivity contribution in [2.75, 3.05) is 5.32 Å². The van der Waals surface area contributed by atoms with Gasteiger partial charge in [-0.25, -0.2) is 0 Å². The van der Waals surface area contributed by atoms with Gasteiger partial charge < -0.3 is 10.1 Å². The zero-order chi connectivity index (χ0) is 19.4. The summed E-state index contributed by atoms with van der Waals surface area (Å²) in [6.45, 7) is 1.62. The maximum Gasteiger partial charge on any atom is 0.273 e. The van der Waals surface area contributed by atoms with E-state index in [0.29, 0.717) is 27.8 Å². The van der Waals surface area contributed by atoms with Crippen molar-refractivity contribution >= 4 is 28.9 Å². The van der Waals surface area contributed by atoms with Crippen molar-refractivity contribution in [3.8, 4) is 11.5 Å². The molecule has 0 aliphatic rings. The lowest BCUT2D eigenvalue weighted by atomic mass is 10.1. The summed E-state index contributed by atoms with van der Waals surface area (Å²) in [4.78, 5) is 22.8. The molecule has 6 nitrogen and oxygen atoms in total. The minimum absolute atomic E-state index is 0.0886. The maximum atomic E-state index is 12.3. The van der Waals surface area contributed by atoms with Crippen LogP contribution in [-0.4, -0.2) is 10.8 Å². The molecule has 0 bridgehead atoms. The summed E-state index contributed by atoms with van der Waals surface area (Å²) < 4.78 is 5.69. The van der Waals surface area contributed by atoms with E-state index in [-0.39, 0.29) is 11.3 Å². The van der Waals surface area contributed by atoms with Crippen LogP contribution in [0.3, 0.4) is 0 Å². The van der Waals surface area contributed by atoms with E-state index in [2.05, 4.69) is 5.32 Å². The van der Waals surface area contributed by atoms with Crippen molar-refractivity contribution in [2.24, 2.45) is 0 Å². The van der Waals surface area contributed by atoms with E-state index >= 15 is 0 Å². The fourth-order valence-corrected chi connectivity index (χ4v) is 2.52. The average Bonchev–Trinajstić information content (AvgIpc) is 2.65. The van der Waals surface area contributed by atoms with Gasteiger partial charge in [0.05, 0.1) is 4.92 Å². The number of hydrogen-bond acceptors (Lipinski definition) is 4. The predicted octanol–water partition coefficient (Wildman–Crippen LogP) is 5.60. The molecule has 27 heavy (non-hydrogen) atoms. The lowest BCUT2D eigenvalue weighted by Gasteiger charge is -2.08. The first kappa shape index (κ1) is 18.4. The zero-order valence-corrected chi connectivity index (χ0v) is 15.1. The lowest BCUT2D eigenvalue weighted by molar-refractivity contribution is -0.385. The highest BCUT2D eigenvalue weighted by Gasteiger charge is 2.15. The molecule has 0 heterocycles. The minimum atomic E-state index is -0.505. The van der Waals surface area contributed by atoms with E-state index in [1.807, 2.05) is 0 Å². The lowest BCUT2D eigenvalue weighted by Crippen LogP contribution is -2.12. The van der Waals surface area contributed by atoms with Crippen molar-refractivity contribution in [1.29, 1.82) is 0 Å². The van der Waals surface area contributed by atoms with Gasteiger partial charge in [-0.1, -0.05) is 17.7 Å². The first-order chi connectivity index (χ1) is 12.9. The van der Waals surface area contributed by atoms with Crippen LogP contribution in [0, 0.1) is 17.0 Å². The number of aryl methyl sites for hydroxylation is 1. The monoisotopic (exact) mass is 382 g/mol. The van der Waals surface area contributed by atoms with E-state index in [9.17, 15) is 14.9 Å². The average molecular weight is 383 g/mol. The first-order valence-corrected chi connectivity index (χ1v) is 8.40. The van der Waals surface area contributed by atoms with Gasteiger partial charge in [0, 0.05) is 27.9 Å². The summed E-state index contributed by atoms with van der Waals surface area (Å²) in [7, 11) is 0. The van der Waals surface area contributed by atoms with Gasteiger partial charge in [0.25, 0.3) is 11.6 Å². The Morgan fingerprint density at radius 3 is 2.19 bits per heavy atom. The molecular formula is C20H15ClN2O4. The second-order valence-electron chi connectivity index (χ2n) is 5.79. The fourth-order valence-electron chi connectivity index (χ4n) is 2.40. The topological polar surface area (TPSA) is 81.5 Å². The van der Waals surface area contributed by atoms with Gasteiger partial charge in [-0.15, -0.1) is 0 Å². The van der Waals surface area contributed by atoms with E-state index in [1.165, 1.54) is 6.07 Å². The Bertz CT molecular complexity index is 986. The Kier molecular flexibility index (Phi) is 5.38. The molecule has 0 aliphatic heterocycles. The number of anilines is 1. The van der Waals surface area contributed by atoms with Crippen LogP contribution in [0.25, 0.3) is 0 Å². The van der Waals surface area contributed by atoms with Crippen molar-refractivity contribution < 1.29 is 14.5 Å². The van der Waals surface area contributed by atoms with Crippen LogP contribution in [0.5, 0.6) is 11.5 Å². The van der Waals surface area contributed by atoms with Crippen LogP contribution in [0.15, 0.2) is 66.7 Å². The molecule has 0 aliphatic carbocycles. The molecular weight excluding hydrogens is 368 g/mol. The number of carbonyl (C=O) groups is 1. The SMILES string of the molecule is Cc1ccc(C(=O)Nc2ccc(Oc3ccc(Cl)cc3)cc2)cc1[N+](=O)[O-]. The Morgan fingerprint density at radius 2 is 1.59 bits per heavy atom. The highest BCUT2D eigenvalue weighted by Crippen LogP contribution is 2.25. The maximum absolute atomic E-state index is 12.3. The molecule has 0 aromatic heterocycles. The smallest absolute Gasteiger partial charge is 0.273 e. The fraction of sp³-hybridized carbons (Fsp3) is 0.0500. The van der Waals surface area contributed by atoms with Crippen molar-refractivity contribution in [3.05, 3.63) is 93.0 Å². The van der Waals surface area contributed by atoms with Gasteiger partial charge in [-0.05, 0) is 61.5 Å². The van der Waals surface area contributed by atoms with Gasteiger partial charge in [0.1, 0.15) is 11.5 Å². The number of rotatable bonds is 5. The summed E-state index contributed by atoms with van der Waals surface area (Å²) >= 11 is 5.84. The van der Waals surface area contributed by atoms with Gasteiger partial charge in [-0.3, -0.25) is 14.9 Å². The molecule has 3 rings (SSSR count). The number of carbonyl (C=O) groups excluding carboxylic acids is 1. The van der Waals surface area contributed by atoms with E-state index in [1.54, 1.807) is 67.6 Å². The Balaban J connectivity index is 1.69. The Labute approximate surface area is 160 Å². The molecule has 136 valence electrons. The molecule has 0 spiro atoms. The van der Waals surface area contributed by atoms with Crippen molar-refractivity contribution in [2.45, 2.75) is 6.92 Å². The number of benzene rings is 3. The number of nitrogens with zero attached hydrogens (tertiary/aromatic N) is 1. The van der Waals surface area contributed by atoms with Gasteiger partial charge in [0.15, 0.2) is 0 Å². The van der Waals surface area contributed by atoms with Crippen LogP contribution >= 0.6 is 11.6 Å². The van der Waals surface area contributed by atoms with Crippen LogP contribution in [0.4, 0.5) is 11.4 Å². The van der Waals surface area contributed by atoms with E-state index in [0.717, 1.165) is 0 Å². The largest absolute Gasteiger partial charge is 0.457 e. The van der Waals surface area contributed by atoms with Crippen molar-refractivity contribution in [3.63, 3.8) is 0 Å². The molecule has 0 saturated carbocycles. The van der Waals surface area contributed by atoms with Gasteiger partial charge >= 0.3 is 0 Å². The Hall–Kier alpha value is -3.38. The van der Waals surface area contributed by atoms with Crippen LogP contribution < -0.4 is 10.1 Å². The zero-order valence-electron chi connectivity index (χ0n) is 14.3. The molecule has 0 saturated heterocycles. The third-order valence-electron chi connectivity index (χ3n) is 3.83. The molecule has 7 heteroatoms. The van der Waals surface area contributed by atoms with Crippen LogP contribution in [0.2, 0.25) is 5.02 Å². The summed E-state index contributed by atoms with van der Waals surface area (Å²) in [5, 5.41) is 14.3. The molecule has 3 aromatic rings. The molecule has 0 radical (unpaired) electrons. The molecule has 1 N–H and O–H groups in total. The standard InChI is InChI=1S/C20H15ClN2O4/c1-13-2-3-14(12-19(13)23(25)26)20(24)22-16-6-10-18(11-7-16)27-17-8-4-15(21)5-9-17/h2-12H,1H3,(H,22,24). The number of amides is 1.